The first-order chi connectivity index (χ1) is 6.83. The van der Waals surface area contributed by atoms with Crippen molar-refractivity contribution in [3.8, 4) is 0 Å². The first-order valence-corrected chi connectivity index (χ1v) is 5.47. The van der Waals surface area contributed by atoms with Crippen molar-refractivity contribution in [2.24, 2.45) is 5.92 Å². The molecule has 0 aromatic rings. The van der Waals surface area contributed by atoms with Crippen molar-refractivity contribution in [1.82, 2.24) is 0 Å². The van der Waals surface area contributed by atoms with Crippen LogP contribution in [0.2, 0.25) is 0 Å². The summed E-state index contributed by atoms with van der Waals surface area (Å²) in [6.45, 7) is 0.884. The number of methoxy groups -OCH3 is 1. The molecule has 0 heterocycles. The minimum absolute atomic E-state index is 0.0750. The van der Waals surface area contributed by atoms with Gasteiger partial charge in [-0.1, -0.05) is 25.7 Å². The summed E-state index contributed by atoms with van der Waals surface area (Å²) in [6.07, 6.45) is 6.85. The summed E-state index contributed by atoms with van der Waals surface area (Å²) in [6, 6.07) is 0. The standard InChI is InChI=1S/C11H20O3/c1-13-8-9-14-11(12)7-6-10-4-2-3-5-10/h10H,2-9H2,1H3. The van der Waals surface area contributed by atoms with Gasteiger partial charge in [0.25, 0.3) is 0 Å². The normalized spacial score (nSPS) is 17.2. The zero-order valence-corrected chi connectivity index (χ0v) is 8.96. The quantitative estimate of drug-likeness (QED) is 0.487. The van der Waals surface area contributed by atoms with Crippen LogP contribution in [0.3, 0.4) is 0 Å². The maximum absolute atomic E-state index is 11.2. The number of esters is 1. The predicted molar refractivity (Wildman–Crippen MR) is 54.0 cm³/mol. The van der Waals surface area contributed by atoms with Gasteiger partial charge in [-0.05, 0) is 12.3 Å². The first-order valence-electron chi connectivity index (χ1n) is 5.47. The number of carbonyl (C=O) groups is 1. The third-order valence-corrected chi connectivity index (χ3v) is 2.78. The lowest BCUT2D eigenvalue weighted by Gasteiger charge is -2.08. The highest BCUT2D eigenvalue weighted by atomic mass is 16.6. The molecule has 1 fully saturated rings. The second-order valence-corrected chi connectivity index (χ2v) is 3.90. The molecule has 82 valence electrons. The van der Waals surface area contributed by atoms with Crippen LogP contribution in [0, 0.1) is 5.92 Å². The van der Waals surface area contributed by atoms with Crippen molar-refractivity contribution < 1.29 is 14.3 Å². The van der Waals surface area contributed by atoms with Crippen LogP contribution in [-0.2, 0) is 14.3 Å². The molecule has 14 heavy (non-hydrogen) atoms. The molecule has 0 aromatic heterocycles. The summed E-state index contributed by atoms with van der Waals surface area (Å²) in [7, 11) is 1.60. The first kappa shape index (κ1) is 11.5. The molecule has 0 unspecified atom stereocenters. The molecule has 0 amide bonds. The highest BCUT2D eigenvalue weighted by Crippen LogP contribution is 2.28. The van der Waals surface area contributed by atoms with Crippen molar-refractivity contribution in [3.05, 3.63) is 0 Å². The van der Waals surface area contributed by atoms with Crippen LogP contribution >= 0.6 is 0 Å². The molecule has 0 aromatic carbocycles. The smallest absolute Gasteiger partial charge is 0.305 e. The van der Waals surface area contributed by atoms with Crippen LogP contribution in [0.1, 0.15) is 38.5 Å². The van der Waals surface area contributed by atoms with Gasteiger partial charge in [0.15, 0.2) is 0 Å². The molecule has 0 aliphatic heterocycles. The summed E-state index contributed by atoms with van der Waals surface area (Å²) in [5.41, 5.74) is 0. The zero-order chi connectivity index (χ0) is 10.2. The Morgan fingerprint density at radius 2 is 2.00 bits per heavy atom. The van der Waals surface area contributed by atoms with Gasteiger partial charge in [0.05, 0.1) is 6.61 Å². The molecule has 0 atom stereocenters. The molecular weight excluding hydrogens is 180 g/mol. The van der Waals surface area contributed by atoms with Crippen molar-refractivity contribution >= 4 is 5.97 Å². The van der Waals surface area contributed by atoms with Gasteiger partial charge in [0.1, 0.15) is 6.61 Å². The van der Waals surface area contributed by atoms with E-state index < -0.39 is 0 Å². The van der Waals surface area contributed by atoms with E-state index in [1.807, 2.05) is 0 Å². The monoisotopic (exact) mass is 200 g/mol. The van der Waals surface area contributed by atoms with Crippen LogP contribution in [0.4, 0.5) is 0 Å². The van der Waals surface area contributed by atoms with Gasteiger partial charge < -0.3 is 9.47 Å². The minimum Gasteiger partial charge on any atom is -0.463 e. The lowest BCUT2D eigenvalue weighted by Crippen LogP contribution is -2.10. The molecule has 1 aliphatic carbocycles. The van der Waals surface area contributed by atoms with Gasteiger partial charge in [0, 0.05) is 13.5 Å². The van der Waals surface area contributed by atoms with Gasteiger partial charge in [-0.3, -0.25) is 4.79 Å². The molecule has 0 radical (unpaired) electrons. The fraction of sp³-hybridized carbons (Fsp3) is 0.909. The van der Waals surface area contributed by atoms with Crippen LogP contribution in [0.25, 0.3) is 0 Å². The van der Waals surface area contributed by atoms with E-state index in [1.54, 1.807) is 7.11 Å². The number of rotatable bonds is 6. The van der Waals surface area contributed by atoms with E-state index in [9.17, 15) is 4.79 Å². The van der Waals surface area contributed by atoms with Gasteiger partial charge in [-0.15, -0.1) is 0 Å². The van der Waals surface area contributed by atoms with Crippen molar-refractivity contribution in [2.45, 2.75) is 38.5 Å². The van der Waals surface area contributed by atoms with Crippen LogP contribution in [-0.4, -0.2) is 26.3 Å². The molecule has 3 heteroatoms. The third-order valence-electron chi connectivity index (χ3n) is 2.78. The molecule has 0 bridgehead atoms. The second kappa shape index (κ2) is 6.82. The van der Waals surface area contributed by atoms with Gasteiger partial charge in [-0.25, -0.2) is 0 Å². The Bertz CT molecular complexity index is 162. The van der Waals surface area contributed by atoms with Gasteiger partial charge >= 0.3 is 5.97 Å². The van der Waals surface area contributed by atoms with Crippen molar-refractivity contribution in [1.29, 1.82) is 0 Å². The minimum atomic E-state index is -0.0750. The molecule has 3 nitrogen and oxygen atoms in total. The molecule has 1 saturated carbocycles. The molecule has 0 N–H and O–H groups in total. The van der Waals surface area contributed by atoms with E-state index in [1.165, 1.54) is 25.7 Å². The summed E-state index contributed by atoms with van der Waals surface area (Å²) in [4.78, 5) is 11.2. The zero-order valence-electron chi connectivity index (χ0n) is 8.96. The number of hydrogen-bond donors (Lipinski definition) is 0. The topological polar surface area (TPSA) is 35.5 Å². The summed E-state index contributed by atoms with van der Waals surface area (Å²) >= 11 is 0. The second-order valence-electron chi connectivity index (χ2n) is 3.90. The lowest BCUT2D eigenvalue weighted by atomic mass is 10.0. The number of carbonyl (C=O) groups excluding carboxylic acids is 1. The molecule has 1 aliphatic rings. The summed E-state index contributed by atoms with van der Waals surface area (Å²) in [5.74, 6) is 0.693. The summed E-state index contributed by atoms with van der Waals surface area (Å²) < 4.78 is 9.77. The Balaban J connectivity index is 1.96. The molecular formula is C11H20O3. The Kier molecular flexibility index (Phi) is 5.60. The Hall–Kier alpha value is -0.570. The van der Waals surface area contributed by atoms with E-state index in [0.717, 1.165) is 12.3 Å². The maximum Gasteiger partial charge on any atom is 0.305 e. The number of ether oxygens (including phenoxy) is 2. The third kappa shape index (κ3) is 4.61. The fourth-order valence-corrected chi connectivity index (χ4v) is 1.93. The van der Waals surface area contributed by atoms with Crippen LogP contribution in [0.15, 0.2) is 0 Å². The van der Waals surface area contributed by atoms with E-state index in [0.29, 0.717) is 19.6 Å². The maximum atomic E-state index is 11.2. The average Bonchev–Trinajstić information content (AvgIpc) is 2.68. The summed E-state index contributed by atoms with van der Waals surface area (Å²) in [5, 5.41) is 0. The van der Waals surface area contributed by atoms with E-state index in [4.69, 9.17) is 9.47 Å². The Labute approximate surface area is 85.8 Å². The SMILES string of the molecule is COCCOC(=O)CCC1CCCC1. The van der Waals surface area contributed by atoms with Crippen molar-refractivity contribution in [3.63, 3.8) is 0 Å². The molecule has 0 spiro atoms. The van der Waals surface area contributed by atoms with Crippen molar-refractivity contribution in [2.75, 3.05) is 20.3 Å². The fourth-order valence-electron chi connectivity index (χ4n) is 1.93. The molecule has 0 saturated heterocycles. The Morgan fingerprint density at radius 1 is 1.29 bits per heavy atom. The van der Waals surface area contributed by atoms with E-state index >= 15 is 0 Å². The largest absolute Gasteiger partial charge is 0.463 e. The Morgan fingerprint density at radius 3 is 2.64 bits per heavy atom. The van der Waals surface area contributed by atoms with Crippen LogP contribution in [0.5, 0.6) is 0 Å². The number of hydrogen-bond acceptors (Lipinski definition) is 3. The lowest BCUT2D eigenvalue weighted by molar-refractivity contribution is -0.145. The van der Waals surface area contributed by atoms with E-state index in [2.05, 4.69) is 0 Å². The molecule has 1 rings (SSSR count). The highest BCUT2D eigenvalue weighted by Gasteiger charge is 2.16. The highest BCUT2D eigenvalue weighted by molar-refractivity contribution is 5.69. The van der Waals surface area contributed by atoms with Gasteiger partial charge in [0.2, 0.25) is 0 Å². The van der Waals surface area contributed by atoms with Gasteiger partial charge in [-0.2, -0.15) is 0 Å². The predicted octanol–water partition coefficient (Wildman–Crippen LogP) is 2.15. The van der Waals surface area contributed by atoms with E-state index in [-0.39, 0.29) is 5.97 Å². The van der Waals surface area contributed by atoms with Crippen LogP contribution < -0.4 is 0 Å². The average molecular weight is 200 g/mol.